The van der Waals surface area contributed by atoms with E-state index in [-0.39, 0.29) is 10.6 Å². The summed E-state index contributed by atoms with van der Waals surface area (Å²) in [5.41, 5.74) is 2.73. The van der Waals surface area contributed by atoms with E-state index < -0.39 is 0 Å². The zero-order valence-electron chi connectivity index (χ0n) is 9.55. The van der Waals surface area contributed by atoms with Crippen LogP contribution in [0.5, 0.6) is 0 Å². The summed E-state index contributed by atoms with van der Waals surface area (Å²) in [7, 11) is 0. The van der Waals surface area contributed by atoms with E-state index >= 15 is 0 Å². The molecule has 0 aliphatic rings. The van der Waals surface area contributed by atoms with Crippen molar-refractivity contribution >= 4 is 43.5 Å². The fraction of sp³-hybridized carbons (Fsp3) is 0.143. The summed E-state index contributed by atoms with van der Waals surface area (Å²) in [6.07, 6.45) is 0. The Labute approximate surface area is 127 Å². The van der Waals surface area contributed by atoms with Crippen LogP contribution in [0.4, 0.5) is 4.39 Å². The number of rotatable bonds is 2. The highest BCUT2D eigenvalue weighted by Crippen LogP contribution is 2.34. The van der Waals surface area contributed by atoms with Crippen LogP contribution in [0.3, 0.4) is 0 Å². The van der Waals surface area contributed by atoms with Crippen LogP contribution in [-0.2, 0) is 0 Å². The molecule has 0 bridgehead atoms. The van der Waals surface area contributed by atoms with Crippen LogP contribution in [0.15, 0.2) is 40.9 Å². The molecule has 0 amide bonds. The van der Waals surface area contributed by atoms with Crippen molar-refractivity contribution in [3.63, 3.8) is 0 Å². The molecule has 0 saturated heterocycles. The summed E-state index contributed by atoms with van der Waals surface area (Å²) in [6.45, 7) is 1.76. The molecule has 0 radical (unpaired) electrons. The molecule has 4 heteroatoms. The Morgan fingerprint density at radius 1 is 1.11 bits per heavy atom. The van der Waals surface area contributed by atoms with E-state index in [2.05, 4.69) is 31.9 Å². The number of alkyl halides is 1. The van der Waals surface area contributed by atoms with E-state index in [1.807, 2.05) is 24.3 Å². The minimum absolute atomic E-state index is 0.0189. The van der Waals surface area contributed by atoms with E-state index in [1.165, 1.54) is 6.07 Å². The lowest BCUT2D eigenvalue weighted by molar-refractivity contribution is 0.618. The summed E-state index contributed by atoms with van der Waals surface area (Å²) in [5.74, 6) is -0.185. The molecule has 18 heavy (non-hydrogen) atoms. The molecule has 0 fully saturated rings. The number of hydrogen-bond donors (Lipinski definition) is 0. The zero-order chi connectivity index (χ0) is 13.3. The SMILES string of the molecule is Cc1cc(C(Br)c2ccc(Cl)c(Br)c2)ccc1F. The van der Waals surface area contributed by atoms with Gasteiger partial charge in [0.1, 0.15) is 5.82 Å². The average molecular weight is 392 g/mol. The third-order valence-electron chi connectivity index (χ3n) is 2.71. The topological polar surface area (TPSA) is 0 Å². The second kappa shape index (κ2) is 5.72. The molecule has 0 aliphatic carbocycles. The third kappa shape index (κ3) is 2.95. The van der Waals surface area contributed by atoms with Crippen LogP contribution in [0, 0.1) is 12.7 Å². The van der Waals surface area contributed by atoms with E-state index in [0.29, 0.717) is 10.6 Å². The van der Waals surface area contributed by atoms with Gasteiger partial charge in [0.05, 0.1) is 9.85 Å². The first-order valence-electron chi connectivity index (χ1n) is 5.34. The molecule has 0 nitrogen and oxygen atoms in total. The van der Waals surface area contributed by atoms with Gasteiger partial charge < -0.3 is 0 Å². The third-order valence-corrected chi connectivity index (χ3v) is 4.98. The monoisotopic (exact) mass is 390 g/mol. The molecule has 0 saturated carbocycles. The van der Waals surface area contributed by atoms with Crippen molar-refractivity contribution in [1.29, 1.82) is 0 Å². The molecule has 2 aromatic carbocycles. The van der Waals surface area contributed by atoms with E-state index in [0.717, 1.165) is 15.6 Å². The van der Waals surface area contributed by atoms with Crippen LogP contribution in [0.1, 0.15) is 21.5 Å². The lowest BCUT2D eigenvalue weighted by Gasteiger charge is -2.12. The summed E-state index contributed by atoms with van der Waals surface area (Å²) in [6, 6.07) is 10.9. The van der Waals surface area contributed by atoms with Gasteiger partial charge in [-0.05, 0) is 57.7 Å². The van der Waals surface area contributed by atoms with Gasteiger partial charge in [0, 0.05) is 4.47 Å². The highest BCUT2D eigenvalue weighted by atomic mass is 79.9. The maximum Gasteiger partial charge on any atom is 0.126 e. The maximum atomic E-state index is 13.2. The van der Waals surface area contributed by atoms with Gasteiger partial charge in [0.2, 0.25) is 0 Å². The van der Waals surface area contributed by atoms with Crippen LogP contribution < -0.4 is 0 Å². The first-order chi connectivity index (χ1) is 8.49. The number of benzene rings is 2. The van der Waals surface area contributed by atoms with Gasteiger partial charge in [0.15, 0.2) is 0 Å². The average Bonchev–Trinajstić information content (AvgIpc) is 2.35. The Bertz CT molecular complexity index is 533. The van der Waals surface area contributed by atoms with Gasteiger partial charge in [-0.3, -0.25) is 0 Å². The molecule has 94 valence electrons. The molecular formula is C14H10Br2ClF. The fourth-order valence-corrected chi connectivity index (χ4v) is 2.77. The molecule has 2 aromatic rings. The first-order valence-corrected chi connectivity index (χ1v) is 7.43. The summed E-state index contributed by atoms with van der Waals surface area (Å²) in [5, 5.41) is 0.675. The zero-order valence-corrected chi connectivity index (χ0v) is 13.5. The van der Waals surface area contributed by atoms with Gasteiger partial charge in [-0.1, -0.05) is 45.7 Å². The number of aryl methyl sites for hydroxylation is 1. The largest absolute Gasteiger partial charge is 0.207 e. The highest BCUT2D eigenvalue weighted by molar-refractivity contribution is 9.10. The normalized spacial score (nSPS) is 12.5. The predicted molar refractivity (Wildman–Crippen MR) is 81.1 cm³/mol. The van der Waals surface area contributed by atoms with Crippen molar-refractivity contribution in [3.05, 3.63) is 68.4 Å². The summed E-state index contributed by atoms with van der Waals surface area (Å²) < 4.78 is 14.1. The molecule has 0 aliphatic heterocycles. The molecular weight excluding hydrogens is 382 g/mol. The van der Waals surface area contributed by atoms with Gasteiger partial charge in [0.25, 0.3) is 0 Å². The Morgan fingerprint density at radius 3 is 2.33 bits per heavy atom. The number of hydrogen-bond acceptors (Lipinski definition) is 0. The van der Waals surface area contributed by atoms with Crippen molar-refractivity contribution in [2.24, 2.45) is 0 Å². The van der Waals surface area contributed by atoms with Crippen LogP contribution in [0.25, 0.3) is 0 Å². The Balaban J connectivity index is 2.37. The van der Waals surface area contributed by atoms with Crippen molar-refractivity contribution in [1.82, 2.24) is 0 Å². The minimum Gasteiger partial charge on any atom is -0.207 e. The Morgan fingerprint density at radius 2 is 1.72 bits per heavy atom. The second-order valence-corrected chi connectivity index (χ2v) is 6.22. The first kappa shape index (κ1) is 14.0. The van der Waals surface area contributed by atoms with E-state index in [4.69, 9.17) is 11.6 Å². The minimum atomic E-state index is -0.185. The van der Waals surface area contributed by atoms with Crippen LogP contribution in [0.2, 0.25) is 5.02 Å². The van der Waals surface area contributed by atoms with Crippen LogP contribution >= 0.6 is 43.5 Å². The predicted octanol–water partition coefficient (Wildman–Crippen LogP) is 6.03. The maximum absolute atomic E-state index is 13.2. The van der Waals surface area contributed by atoms with Gasteiger partial charge in [-0.15, -0.1) is 0 Å². The molecule has 0 aromatic heterocycles. The quantitative estimate of drug-likeness (QED) is 0.547. The van der Waals surface area contributed by atoms with Crippen molar-refractivity contribution < 1.29 is 4.39 Å². The standard InChI is InChI=1S/C14H10Br2ClF/c1-8-6-9(3-5-13(8)18)14(16)10-2-4-12(17)11(15)7-10/h2-7,14H,1H3. The van der Waals surface area contributed by atoms with Gasteiger partial charge in [-0.25, -0.2) is 4.39 Å². The lowest BCUT2D eigenvalue weighted by Crippen LogP contribution is -1.95. The molecule has 1 atom stereocenters. The molecule has 2 rings (SSSR count). The van der Waals surface area contributed by atoms with Crippen molar-refractivity contribution in [2.45, 2.75) is 11.8 Å². The van der Waals surface area contributed by atoms with Gasteiger partial charge in [-0.2, -0.15) is 0 Å². The molecule has 0 N–H and O–H groups in total. The summed E-state index contributed by atoms with van der Waals surface area (Å²) in [4.78, 5) is 0.0189. The number of halogens is 4. The van der Waals surface area contributed by atoms with E-state index in [1.54, 1.807) is 13.0 Å². The second-order valence-electron chi connectivity index (χ2n) is 4.04. The smallest absolute Gasteiger partial charge is 0.126 e. The highest BCUT2D eigenvalue weighted by Gasteiger charge is 2.12. The molecule has 0 spiro atoms. The summed E-state index contributed by atoms with van der Waals surface area (Å²) >= 11 is 13.0. The Kier molecular flexibility index (Phi) is 4.46. The molecule has 1 unspecified atom stereocenters. The van der Waals surface area contributed by atoms with Gasteiger partial charge >= 0.3 is 0 Å². The van der Waals surface area contributed by atoms with Crippen molar-refractivity contribution in [3.8, 4) is 0 Å². The lowest BCUT2D eigenvalue weighted by atomic mass is 10.0. The van der Waals surface area contributed by atoms with Crippen molar-refractivity contribution in [2.75, 3.05) is 0 Å². The van der Waals surface area contributed by atoms with E-state index in [9.17, 15) is 4.39 Å². The molecule has 0 heterocycles. The van der Waals surface area contributed by atoms with Crippen LogP contribution in [-0.4, -0.2) is 0 Å². The Hall–Kier alpha value is -0.380. The fourth-order valence-electron chi connectivity index (χ4n) is 1.69.